The second-order valence-electron chi connectivity index (χ2n) is 6.83. The topological polar surface area (TPSA) is 60.5 Å². The molecule has 1 fully saturated rings. The zero-order chi connectivity index (χ0) is 19.7. The molecule has 1 N–H and O–H groups in total. The van der Waals surface area contributed by atoms with Gasteiger partial charge in [-0.1, -0.05) is 12.1 Å². The van der Waals surface area contributed by atoms with E-state index in [9.17, 15) is 4.79 Å². The summed E-state index contributed by atoms with van der Waals surface area (Å²) in [6, 6.07) is 13.6. The number of thiazole rings is 1. The number of hydrogen-bond acceptors (Lipinski definition) is 5. The lowest BCUT2D eigenvalue weighted by atomic mass is 10.1. The first-order valence-electron chi connectivity index (χ1n) is 9.20. The van der Waals surface area contributed by atoms with Gasteiger partial charge in [0.25, 0.3) is 0 Å². The maximum absolute atomic E-state index is 12.0. The van der Waals surface area contributed by atoms with Gasteiger partial charge in [-0.25, -0.2) is 4.98 Å². The van der Waals surface area contributed by atoms with E-state index in [1.807, 2.05) is 42.5 Å². The predicted octanol–water partition coefficient (Wildman–Crippen LogP) is 5.15. The third-order valence-electron chi connectivity index (χ3n) is 4.79. The minimum Gasteiger partial charge on any atom is -0.497 e. The Balaban J connectivity index is 1.66. The van der Waals surface area contributed by atoms with Crippen molar-refractivity contribution in [3.8, 4) is 33.3 Å². The summed E-state index contributed by atoms with van der Waals surface area (Å²) in [4.78, 5) is 18.0. The van der Waals surface area contributed by atoms with Crippen molar-refractivity contribution in [2.24, 2.45) is 5.92 Å². The van der Waals surface area contributed by atoms with Crippen LogP contribution in [0.4, 0.5) is 5.69 Å². The molecule has 144 valence electrons. The molecule has 2 aromatic carbocycles. The van der Waals surface area contributed by atoms with Crippen LogP contribution in [0.2, 0.25) is 0 Å². The van der Waals surface area contributed by atoms with Crippen molar-refractivity contribution in [3.63, 3.8) is 0 Å². The molecule has 0 bridgehead atoms. The molecule has 1 aromatic heterocycles. The van der Waals surface area contributed by atoms with E-state index in [0.717, 1.165) is 56.7 Å². The molecular weight excluding hydrogens is 372 g/mol. The second-order valence-corrected chi connectivity index (χ2v) is 8.04. The van der Waals surface area contributed by atoms with Gasteiger partial charge >= 0.3 is 0 Å². The highest BCUT2D eigenvalue weighted by molar-refractivity contribution is 7.15. The Morgan fingerprint density at radius 2 is 1.96 bits per heavy atom. The highest BCUT2D eigenvalue weighted by atomic mass is 32.1. The van der Waals surface area contributed by atoms with Crippen molar-refractivity contribution < 1.29 is 14.3 Å². The van der Waals surface area contributed by atoms with Gasteiger partial charge in [0.15, 0.2) is 0 Å². The average Bonchev–Trinajstić information content (AvgIpc) is 3.50. The fourth-order valence-electron chi connectivity index (χ4n) is 3.08. The number of benzene rings is 2. The van der Waals surface area contributed by atoms with Crippen LogP contribution < -0.4 is 14.8 Å². The minimum absolute atomic E-state index is 0.108. The van der Waals surface area contributed by atoms with Crippen LogP contribution in [0, 0.1) is 12.8 Å². The summed E-state index contributed by atoms with van der Waals surface area (Å²) in [5.41, 5.74) is 3.62. The Morgan fingerprint density at radius 3 is 2.68 bits per heavy atom. The van der Waals surface area contributed by atoms with E-state index >= 15 is 0 Å². The van der Waals surface area contributed by atoms with E-state index in [-0.39, 0.29) is 11.8 Å². The Hall–Kier alpha value is -2.86. The van der Waals surface area contributed by atoms with E-state index < -0.39 is 0 Å². The number of aryl methyl sites for hydroxylation is 1. The maximum atomic E-state index is 12.0. The lowest BCUT2D eigenvalue weighted by Crippen LogP contribution is -2.13. The Morgan fingerprint density at radius 1 is 1.14 bits per heavy atom. The second kappa shape index (κ2) is 7.64. The molecule has 0 saturated heterocycles. The van der Waals surface area contributed by atoms with E-state index in [2.05, 4.69) is 12.2 Å². The maximum Gasteiger partial charge on any atom is 0.227 e. The van der Waals surface area contributed by atoms with E-state index in [4.69, 9.17) is 14.5 Å². The number of aromatic nitrogens is 1. The van der Waals surface area contributed by atoms with Crippen LogP contribution in [0.3, 0.4) is 0 Å². The van der Waals surface area contributed by atoms with Gasteiger partial charge in [0.1, 0.15) is 16.5 Å². The lowest BCUT2D eigenvalue weighted by molar-refractivity contribution is -0.117. The Bertz CT molecular complexity index is 1020. The monoisotopic (exact) mass is 394 g/mol. The number of rotatable bonds is 6. The van der Waals surface area contributed by atoms with Crippen LogP contribution >= 0.6 is 11.3 Å². The molecule has 1 amide bonds. The molecule has 4 rings (SSSR count). The van der Waals surface area contributed by atoms with E-state index in [1.54, 1.807) is 25.6 Å². The molecule has 5 nitrogen and oxygen atoms in total. The molecule has 6 heteroatoms. The summed E-state index contributed by atoms with van der Waals surface area (Å²) < 4.78 is 10.8. The first kappa shape index (κ1) is 18.5. The van der Waals surface area contributed by atoms with Gasteiger partial charge in [-0.3, -0.25) is 4.79 Å². The summed E-state index contributed by atoms with van der Waals surface area (Å²) in [6.07, 6.45) is 1.98. The molecule has 0 atom stereocenters. The summed E-state index contributed by atoms with van der Waals surface area (Å²) in [6.45, 7) is 2.05. The van der Waals surface area contributed by atoms with E-state index in [0.29, 0.717) is 0 Å². The van der Waals surface area contributed by atoms with Crippen molar-refractivity contribution in [2.45, 2.75) is 19.8 Å². The number of methoxy groups -OCH3 is 2. The third kappa shape index (κ3) is 3.73. The first-order valence-corrected chi connectivity index (χ1v) is 10.0. The Kier molecular flexibility index (Phi) is 5.05. The van der Waals surface area contributed by atoms with Gasteiger partial charge in [0, 0.05) is 33.7 Å². The van der Waals surface area contributed by atoms with Crippen molar-refractivity contribution in [2.75, 3.05) is 19.5 Å². The molecule has 1 aliphatic carbocycles. The SMILES string of the molecule is COc1ccc(-c2nc(-c3cccc(NC(=O)C4CC4)c3)sc2C)c(OC)c1. The molecule has 0 radical (unpaired) electrons. The van der Waals surface area contributed by atoms with Gasteiger partial charge in [0.2, 0.25) is 5.91 Å². The molecule has 28 heavy (non-hydrogen) atoms. The number of nitrogens with one attached hydrogen (secondary N) is 1. The number of nitrogens with zero attached hydrogens (tertiary/aromatic N) is 1. The zero-order valence-corrected chi connectivity index (χ0v) is 16.9. The summed E-state index contributed by atoms with van der Waals surface area (Å²) >= 11 is 1.63. The van der Waals surface area contributed by atoms with Gasteiger partial charge in [-0.2, -0.15) is 0 Å². The molecule has 1 aliphatic rings. The first-order chi connectivity index (χ1) is 13.6. The standard InChI is InChI=1S/C22H22N2O3S/c1-13-20(18-10-9-17(26-2)12-19(18)27-3)24-22(28-13)15-5-4-6-16(11-15)23-21(25)14-7-8-14/h4-6,9-12,14H,7-8H2,1-3H3,(H,23,25). The number of hydrogen-bond donors (Lipinski definition) is 1. The van der Waals surface area contributed by atoms with Crippen molar-refractivity contribution >= 4 is 22.9 Å². The largest absolute Gasteiger partial charge is 0.497 e. The highest BCUT2D eigenvalue weighted by Gasteiger charge is 2.29. The molecular formula is C22H22N2O3S. The average molecular weight is 394 g/mol. The van der Waals surface area contributed by atoms with Crippen LogP contribution in [-0.2, 0) is 4.79 Å². The molecule has 0 aliphatic heterocycles. The van der Waals surface area contributed by atoms with Crippen LogP contribution in [0.15, 0.2) is 42.5 Å². The predicted molar refractivity (Wildman–Crippen MR) is 112 cm³/mol. The van der Waals surface area contributed by atoms with Gasteiger partial charge < -0.3 is 14.8 Å². The normalized spacial score (nSPS) is 13.2. The Labute approximate surface area is 168 Å². The van der Waals surface area contributed by atoms with Crippen molar-refractivity contribution in [1.29, 1.82) is 0 Å². The van der Waals surface area contributed by atoms with Gasteiger partial charge in [-0.05, 0) is 44.0 Å². The number of amides is 1. The molecule has 0 unspecified atom stereocenters. The molecule has 1 saturated carbocycles. The fraction of sp³-hybridized carbons (Fsp3) is 0.273. The van der Waals surface area contributed by atoms with Crippen LogP contribution in [-0.4, -0.2) is 25.1 Å². The minimum atomic E-state index is 0.108. The van der Waals surface area contributed by atoms with Gasteiger partial charge in [0.05, 0.1) is 19.9 Å². The summed E-state index contributed by atoms with van der Waals surface area (Å²) in [5.74, 6) is 1.76. The fourth-order valence-corrected chi connectivity index (χ4v) is 4.01. The third-order valence-corrected chi connectivity index (χ3v) is 5.81. The molecule has 0 spiro atoms. The highest BCUT2D eigenvalue weighted by Crippen LogP contribution is 2.39. The van der Waals surface area contributed by atoms with Crippen LogP contribution in [0.5, 0.6) is 11.5 Å². The van der Waals surface area contributed by atoms with Gasteiger partial charge in [-0.15, -0.1) is 11.3 Å². The van der Waals surface area contributed by atoms with E-state index in [1.165, 1.54) is 0 Å². The van der Waals surface area contributed by atoms with Crippen molar-refractivity contribution in [1.82, 2.24) is 4.98 Å². The number of anilines is 1. The summed E-state index contributed by atoms with van der Waals surface area (Å²) in [5, 5.41) is 3.91. The van der Waals surface area contributed by atoms with Crippen LogP contribution in [0.25, 0.3) is 21.8 Å². The zero-order valence-electron chi connectivity index (χ0n) is 16.1. The lowest BCUT2D eigenvalue weighted by Gasteiger charge is -2.09. The number of ether oxygens (including phenoxy) is 2. The summed E-state index contributed by atoms with van der Waals surface area (Å²) in [7, 11) is 3.28. The quantitative estimate of drug-likeness (QED) is 0.628. The van der Waals surface area contributed by atoms with Crippen LogP contribution in [0.1, 0.15) is 17.7 Å². The van der Waals surface area contributed by atoms with Crippen molar-refractivity contribution in [3.05, 3.63) is 47.3 Å². The smallest absolute Gasteiger partial charge is 0.227 e. The number of carbonyl (C=O) groups excluding carboxylic acids is 1. The molecule has 3 aromatic rings. The molecule has 1 heterocycles. The number of carbonyl (C=O) groups is 1.